The molecule has 0 saturated heterocycles. The van der Waals surface area contributed by atoms with Crippen LogP contribution in [0.1, 0.15) is 12.5 Å². The zero-order chi connectivity index (χ0) is 10.6. The fraction of sp³-hybridized carbons (Fsp3) is 0.200. The van der Waals surface area contributed by atoms with Gasteiger partial charge in [0, 0.05) is 5.56 Å². The van der Waals surface area contributed by atoms with Crippen LogP contribution in [0.5, 0.6) is 0 Å². The van der Waals surface area contributed by atoms with Gasteiger partial charge in [-0.15, -0.1) is 0 Å². The van der Waals surface area contributed by atoms with Crippen molar-refractivity contribution in [2.24, 2.45) is 0 Å². The lowest BCUT2D eigenvalue weighted by Gasteiger charge is -2.20. The first-order chi connectivity index (χ1) is 6.58. The van der Waals surface area contributed by atoms with Gasteiger partial charge in [0.2, 0.25) is 5.60 Å². The van der Waals surface area contributed by atoms with Crippen molar-refractivity contribution in [3.63, 3.8) is 0 Å². The fourth-order valence-electron chi connectivity index (χ4n) is 1.08. The van der Waals surface area contributed by atoms with Crippen LogP contribution < -0.4 is 0 Å². The summed E-state index contributed by atoms with van der Waals surface area (Å²) < 4.78 is 4.53. The highest BCUT2D eigenvalue weighted by atomic mass is 16.7. The zero-order valence-corrected chi connectivity index (χ0v) is 7.60. The third-order valence-electron chi connectivity index (χ3n) is 1.83. The summed E-state index contributed by atoms with van der Waals surface area (Å²) in [4.78, 5) is 10.4. The molecule has 0 bridgehead atoms. The van der Waals surface area contributed by atoms with Crippen molar-refractivity contribution in [2.45, 2.75) is 12.5 Å². The standard InChI is InChI=1S/C10H9NO3/c1-10(7-11,14-9(12)13)8-5-3-2-4-6-8/h2-6H,1H3,(H,12,13). The number of carboxylic acid groups (broad SMARTS) is 1. The van der Waals surface area contributed by atoms with E-state index in [1.54, 1.807) is 30.3 Å². The van der Waals surface area contributed by atoms with E-state index >= 15 is 0 Å². The topological polar surface area (TPSA) is 70.3 Å². The number of benzene rings is 1. The van der Waals surface area contributed by atoms with Gasteiger partial charge in [0.05, 0.1) is 0 Å². The van der Waals surface area contributed by atoms with Gasteiger partial charge >= 0.3 is 6.16 Å². The Kier molecular flexibility index (Phi) is 2.73. The molecule has 4 heteroatoms. The Labute approximate surface area is 81.4 Å². The van der Waals surface area contributed by atoms with Gasteiger partial charge in [0.1, 0.15) is 6.07 Å². The van der Waals surface area contributed by atoms with E-state index in [2.05, 4.69) is 4.74 Å². The highest BCUT2D eigenvalue weighted by Crippen LogP contribution is 2.24. The number of hydrogen-bond donors (Lipinski definition) is 1. The molecule has 0 spiro atoms. The largest absolute Gasteiger partial charge is 0.507 e. The quantitative estimate of drug-likeness (QED) is 0.727. The summed E-state index contributed by atoms with van der Waals surface area (Å²) in [6.07, 6.45) is -1.46. The molecule has 0 radical (unpaired) electrons. The highest BCUT2D eigenvalue weighted by molar-refractivity contribution is 5.58. The average molecular weight is 191 g/mol. The smallest absolute Gasteiger partial charge is 0.450 e. The number of rotatable bonds is 2. The molecule has 1 N–H and O–H groups in total. The molecule has 72 valence electrons. The minimum Gasteiger partial charge on any atom is -0.450 e. The SMILES string of the molecule is CC(C#N)(OC(=O)O)c1ccccc1. The van der Waals surface area contributed by atoms with Crippen LogP contribution >= 0.6 is 0 Å². The molecule has 1 aromatic rings. The second kappa shape index (κ2) is 3.79. The van der Waals surface area contributed by atoms with Gasteiger partial charge in [-0.05, 0) is 6.92 Å². The Hall–Kier alpha value is -2.02. The van der Waals surface area contributed by atoms with Crippen LogP contribution in [0.3, 0.4) is 0 Å². The molecule has 0 fully saturated rings. The lowest BCUT2D eigenvalue weighted by Crippen LogP contribution is -2.26. The molecule has 0 amide bonds. The predicted octanol–water partition coefficient (Wildman–Crippen LogP) is 2.12. The zero-order valence-electron chi connectivity index (χ0n) is 7.60. The van der Waals surface area contributed by atoms with E-state index in [1.165, 1.54) is 6.92 Å². The fourth-order valence-corrected chi connectivity index (χ4v) is 1.08. The molecular weight excluding hydrogens is 182 g/mol. The van der Waals surface area contributed by atoms with Gasteiger partial charge in [-0.3, -0.25) is 0 Å². The van der Waals surface area contributed by atoms with Gasteiger partial charge in [-0.25, -0.2) is 4.79 Å². The summed E-state index contributed by atoms with van der Waals surface area (Å²) in [6.45, 7) is 1.41. The van der Waals surface area contributed by atoms with Crippen LogP contribution in [0.15, 0.2) is 30.3 Å². The molecule has 4 nitrogen and oxygen atoms in total. The first-order valence-corrected chi connectivity index (χ1v) is 3.97. The summed E-state index contributed by atoms with van der Waals surface area (Å²) in [7, 11) is 0. The molecule has 1 atom stereocenters. The lowest BCUT2D eigenvalue weighted by atomic mass is 9.98. The summed E-state index contributed by atoms with van der Waals surface area (Å²) in [5.41, 5.74) is -0.919. The molecule has 0 aliphatic heterocycles. The minimum atomic E-state index is -1.46. The Balaban J connectivity index is 3.03. The van der Waals surface area contributed by atoms with E-state index in [0.717, 1.165) is 0 Å². The maximum Gasteiger partial charge on any atom is 0.507 e. The van der Waals surface area contributed by atoms with Crippen LogP contribution in [0.2, 0.25) is 0 Å². The Morgan fingerprint density at radius 1 is 1.50 bits per heavy atom. The number of nitrogens with zero attached hydrogens (tertiary/aromatic N) is 1. The van der Waals surface area contributed by atoms with Gasteiger partial charge in [0.15, 0.2) is 0 Å². The van der Waals surface area contributed by atoms with Crippen LogP contribution in [0.4, 0.5) is 4.79 Å². The van der Waals surface area contributed by atoms with Crippen molar-refractivity contribution in [3.05, 3.63) is 35.9 Å². The molecular formula is C10H9NO3. The first-order valence-electron chi connectivity index (χ1n) is 3.97. The summed E-state index contributed by atoms with van der Waals surface area (Å²) in [6, 6.07) is 10.3. The molecule has 0 aliphatic carbocycles. The number of hydrogen-bond acceptors (Lipinski definition) is 3. The first kappa shape index (κ1) is 10.1. The molecule has 14 heavy (non-hydrogen) atoms. The molecule has 0 saturated carbocycles. The van der Waals surface area contributed by atoms with Gasteiger partial charge in [-0.2, -0.15) is 5.26 Å². The molecule has 1 aromatic carbocycles. The van der Waals surface area contributed by atoms with Crippen molar-refractivity contribution in [2.75, 3.05) is 0 Å². The van der Waals surface area contributed by atoms with Crippen LogP contribution in [-0.4, -0.2) is 11.3 Å². The molecule has 1 rings (SSSR count). The lowest BCUT2D eigenvalue weighted by molar-refractivity contribution is 0.0228. The van der Waals surface area contributed by atoms with Crippen molar-refractivity contribution < 1.29 is 14.6 Å². The maximum atomic E-state index is 10.4. The predicted molar refractivity (Wildman–Crippen MR) is 48.5 cm³/mol. The maximum absolute atomic E-state index is 10.4. The van der Waals surface area contributed by atoms with Gasteiger partial charge < -0.3 is 9.84 Å². The van der Waals surface area contributed by atoms with Crippen molar-refractivity contribution in [3.8, 4) is 6.07 Å². The highest BCUT2D eigenvalue weighted by Gasteiger charge is 2.30. The second-order valence-corrected chi connectivity index (χ2v) is 2.88. The molecule has 0 aliphatic rings. The normalized spacial score (nSPS) is 13.7. The van der Waals surface area contributed by atoms with Crippen molar-refractivity contribution >= 4 is 6.16 Å². The third-order valence-corrected chi connectivity index (χ3v) is 1.83. The summed E-state index contributed by atoms with van der Waals surface area (Å²) in [5, 5.41) is 17.3. The summed E-state index contributed by atoms with van der Waals surface area (Å²) >= 11 is 0. The number of carbonyl (C=O) groups is 1. The van der Waals surface area contributed by atoms with E-state index < -0.39 is 11.8 Å². The van der Waals surface area contributed by atoms with E-state index in [0.29, 0.717) is 5.56 Å². The molecule has 0 aromatic heterocycles. The summed E-state index contributed by atoms with van der Waals surface area (Å²) in [5.74, 6) is 0. The Bertz CT molecular complexity index is 369. The third kappa shape index (κ3) is 2.02. The van der Waals surface area contributed by atoms with Crippen LogP contribution in [-0.2, 0) is 10.3 Å². The van der Waals surface area contributed by atoms with Gasteiger partial charge in [-0.1, -0.05) is 30.3 Å². The number of ether oxygens (including phenoxy) is 1. The van der Waals surface area contributed by atoms with Crippen molar-refractivity contribution in [1.29, 1.82) is 5.26 Å². The van der Waals surface area contributed by atoms with E-state index in [-0.39, 0.29) is 0 Å². The van der Waals surface area contributed by atoms with Crippen molar-refractivity contribution in [1.82, 2.24) is 0 Å². The minimum absolute atomic E-state index is 0.518. The monoisotopic (exact) mass is 191 g/mol. The Morgan fingerprint density at radius 3 is 2.50 bits per heavy atom. The average Bonchev–Trinajstić information content (AvgIpc) is 2.18. The van der Waals surface area contributed by atoms with E-state index in [4.69, 9.17) is 10.4 Å². The second-order valence-electron chi connectivity index (χ2n) is 2.88. The molecule has 1 unspecified atom stereocenters. The molecule has 0 heterocycles. The number of nitriles is 1. The Morgan fingerprint density at radius 2 is 2.07 bits per heavy atom. The van der Waals surface area contributed by atoms with E-state index in [9.17, 15) is 4.79 Å². The van der Waals surface area contributed by atoms with E-state index in [1.807, 2.05) is 6.07 Å². The van der Waals surface area contributed by atoms with Crippen LogP contribution in [0, 0.1) is 11.3 Å². The van der Waals surface area contributed by atoms with Gasteiger partial charge in [0.25, 0.3) is 0 Å². The van der Waals surface area contributed by atoms with Crippen LogP contribution in [0.25, 0.3) is 0 Å².